The zero-order valence-electron chi connectivity index (χ0n) is 13.8. The molecule has 0 spiro atoms. The third kappa shape index (κ3) is 4.22. The van der Waals surface area contributed by atoms with E-state index in [1.165, 1.54) is 22.7 Å². The molecule has 0 amide bonds. The zero-order chi connectivity index (χ0) is 18.4. The number of nitro benzene ring substituents is 1. The third-order valence-corrected chi connectivity index (χ3v) is 5.60. The molecule has 2 rings (SSSR count). The topological polar surface area (TPSA) is 121 Å². The van der Waals surface area contributed by atoms with Crippen LogP contribution in [0.1, 0.15) is 19.5 Å². The van der Waals surface area contributed by atoms with E-state index in [2.05, 4.69) is 15.5 Å². The number of aromatic nitrogens is 1. The van der Waals surface area contributed by atoms with Gasteiger partial charge in [0.05, 0.1) is 22.5 Å². The molecule has 0 fully saturated rings. The number of hydrazone groups is 1. The van der Waals surface area contributed by atoms with Crippen molar-refractivity contribution in [1.82, 2.24) is 9.29 Å². The van der Waals surface area contributed by atoms with Gasteiger partial charge in [0.1, 0.15) is 4.90 Å². The lowest BCUT2D eigenvalue weighted by molar-refractivity contribution is -0.385. The Bertz CT molecular complexity index is 858. The van der Waals surface area contributed by atoms with E-state index < -0.39 is 14.9 Å². The lowest BCUT2D eigenvalue weighted by atomic mass is 10.3. The van der Waals surface area contributed by atoms with Crippen LogP contribution < -0.4 is 5.43 Å². The zero-order valence-corrected chi connectivity index (χ0v) is 14.7. The number of rotatable bonds is 8. The summed E-state index contributed by atoms with van der Waals surface area (Å²) in [6.07, 6.45) is 3.21. The molecule has 2 N–H and O–H groups in total. The maximum atomic E-state index is 12.8. The molecular formula is C15H19N5O4S. The van der Waals surface area contributed by atoms with Gasteiger partial charge in [-0.3, -0.25) is 15.5 Å². The fourth-order valence-electron chi connectivity index (χ4n) is 2.23. The van der Waals surface area contributed by atoms with Crippen LogP contribution in [0.25, 0.3) is 0 Å². The van der Waals surface area contributed by atoms with E-state index in [1.807, 2.05) is 0 Å². The number of non-ortho nitro benzene ring substituents is 1. The van der Waals surface area contributed by atoms with E-state index in [1.54, 1.807) is 32.2 Å². The van der Waals surface area contributed by atoms with Crippen molar-refractivity contribution in [3.8, 4) is 0 Å². The molecule has 134 valence electrons. The normalized spacial score (nSPS) is 12.0. The summed E-state index contributed by atoms with van der Waals surface area (Å²) in [7, 11) is -3.89. The van der Waals surface area contributed by atoms with Crippen molar-refractivity contribution in [2.24, 2.45) is 5.10 Å². The SMILES string of the molecule is CCN(CC)S(=O)(=O)c1cc([N+](=O)[O-])ccc1NN=Cc1ccc[nH]1. The molecule has 0 atom stereocenters. The van der Waals surface area contributed by atoms with E-state index in [4.69, 9.17) is 0 Å². The molecule has 0 radical (unpaired) electrons. The molecule has 0 saturated heterocycles. The van der Waals surface area contributed by atoms with Crippen molar-refractivity contribution in [1.29, 1.82) is 0 Å². The highest BCUT2D eigenvalue weighted by molar-refractivity contribution is 7.89. The highest BCUT2D eigenvalue weighted by Gasteiger charge is 2.27. The molecule has 9 nitrogen and oxygen atoms in total. The van der Waals surface area contributed by atoms with Gasteiger partial charge in [0.25, 0.3) is 5.69 Å². The lowest BCUT2D eigenvalue weighted by Crippen LogP contribution is -2.31. The summed E-state index contributed by atoms with van der Waals surface area (Å²) in [5.74, 6) is 0. The first-order valence-electron chi connectivity index (χ1n) is 7.61. The summed E-state index contributed by atoms with van der Waals surface area (Å²) in [5.41, 5.74) is 3.24. The maximum Gasteiger partial charge on any atom is 0.270 e. The average molecular weight is 365 g/mol. The number of nitrogens with one attached hydrogen (secondary N) is 2. The van der Waals surface area contributed by atoms with E-state index >= 15 is 0 Å². The lowest BCUT2D eigenvalue weighted by Gasteiger charge is -2.20. The number of aromatic amines is 1. The number of H-pyrrole nitrogens is 1. The molecule has 25 heavy (non-hydrogen) atoms. The second kappa shape index (κ2) is 7.90. The van der Waals surface area contributed by atoms with Crippen molar-refractivity contribution in [2.45, 2.75) is 18.7 Å². The van der Waals surface area contributed by atoms with Crippen LogP contribution in [0, 0.1) is 10.1 Å². The minimum atomic E-state index is -3.89. The Kier molecular flexibility index (Phi) is 5.88. The minimum Gasteiger partial charge on any atom is -0.360 e. The number of sulfonamides is 1. The van der Waals surface area contributed by atoms with Crippen LogP contribution in [0.3, 0.4) is 0 Å². The second-order valence-corrected chi connectivity index (χ2v) is 6.93. The Morgan fingerprint density at radius 2 is 2.04 bits per heavy atom. The number of nitrogens with zero attached hydrogens (tertiary/aromatic N) is 3. The largest absolute Gasteiger partial charge is 0.360 e. The van der Waals surface area contributed by atoms with Gasteiger partial charge in [0.2, 0.25) is 10.0 Å². The van der Waals surface area contributed by atoms with Gasteiger partial charge in [0, 0.05) is 31.4 Å². The van der Waals surface area contributed by atoms with Crippen LogP contribution in [-0.4, -0.2) is 41.9 Å². The molecule has 2 aromatic rings. The average Bonchev–Trinajstić information content (AvgIpc) is 3.09. The Morgan fingerprint density at radius 3 is 2.60 bits per heavy atom. The summed E-state index contributed by atoms with van der Waals surface area (Å²) in [6, 6.07) is 7.19. The summed E-state index contributed by atoms with van der Waals surface area (Å²) in [6.45, 7) is 3.92. The van der Waals surface area contributed by atoms with Crippen molar-refractivity contribution in [3.05, 3.63) is 52.3 Å². The van der Waals surface area contributed by atoms with Crippen LogP contribution in [0.15, 0.2) is 46.5 Å². The van der Waals surface area contributed by atoms with E-state index in [0.717, 1.165) is 11.8 Å². The van der Waals surface area contributed by atoms with Gasteiger partial charge in [0.15, 0.2) is 0 Å². The van der Waals surface area contributed by atoms with Crippen molar-refractivity contribution >= 4 is 27.6 Å². The smallest absolute Gasteiger partial charge is 0.270 e. The molecule has 0 aliphatic carbocycles. The third-order valence-electron chi connectivity index (χ3n) is 3.51. The van der Waals surface area contributed by atoms with E-state index in [-0.39, 0.29) is 29.4 Å². The molecule has 0 bridgehead atoms. The monoisotopic (exact) mass is 365 g/mol. The molecular weight excluding hydrogens is 346 g/mol. The van der Waals surface area contributed by atoms with E-state index in [0.29, 0.717) is 0 Å². The first-order valence-corrected chi connectivity index (χ1v) is 9.05. The standard InChI is InChI=1S/C15H19N5O4S/c1-3-19(4-2)25(23,24)15-10-13(20(21)22)7-8-14(15)18-17-11-12-6-5-9-16-12/h5-11,16,18H,3-4H2,1-2H3. The fourth-order valence-corrected chi connectivity index (χ4v) is 3.85. The van der Waals surface area contributed by atoms with Crippen LogP contribution >= 0.6 is 0 Å². The van der Waals surface area contributed by atoms with Crippen LogP contribution in [0.4, 0.5) is 11.4 Å². The molecule has 0 unspecified atom stereocenters. The number of benzene rings is 1. The Balaban J connectivity index is 2.43. The molecule has 1 aromatic heterocycles. The number of nitro groups is 1. The summed E-state index contributed by atoms with van der Waals surface area (Å²) >= 11 is 0. The van der Waals surface area contributed by atoms with Gasteiger partial charge < -0.3 is 4.98 Å². The Hall–Kier alpha value is -2.72. The van der Waals surface area contributed by atoms with E-state index in [9.17, 15) is 18.5 Å². The number of hydrogen-bond donors (Lipinski definition) is 2. The van der Waals surface area contributed by atoms with Gasteiger partial charge in [-0.25, -0.2) is 8.42 Å². The van der Waals surface area contributed by atoms with Crippen LogP contribution in [0.5, 0.6) is 0 Å². The molecule has 0 aliphatic heterocycles. The highest BCUT2D eigenvalue weighted by atomic mass is 32.2. The predicted octanol–water partition coefficient (Wildman–Crippen LogP) is 2.40. The molecule has 0 saturated carbocycles. The molecule has 1 aromatic carbocycles. The summed E-state index contributed by atoms with van der Waals surface area (Å²) < 4.78 is 26.8. The fraction of sp³-hybridized carbons (Fsp3) is 0.267. The Morgan fingerprint density at radius 1 is 1.32 bits per heavy atom. The Labute approximate surface area is 145 Å². The molecule has 1 heterocycles. The van der Waals surface area contributed by atoms with Crippen molar-refractivity contribution in [2.75, 3.05) is 18.5 Å². The number of hydrogen-bond acceptors (Lipinski definition) is 6. The quantitative estimate of drug-likeness (QED) is 0.423. The minimum absolute atomic E-state index is 0.167. The first-order chi connectivity index (χ1) is 11.9. The number of anilines is 1. The first kappa shape index (κ1) is 18.6. The van der Waals surface area contributed by atoms with Gasteiger partial charge in [-0.05, 0) is 18.2 Å². The molecule has 10 heteroatoms. The summed E-state index contributed by atoms with van der Waals surface area (Å²) in [5, 5.41) is 15.0. The van der Waals surface area contributed by atoms with Gasteiger partial charge in [-0.2, -0.15) is 9.41 Å². The van der Waals surface area contributed by atoms with Crippen LogP contribution in [-0.2, 0) is 10.0 Å². The van der Waals surface area contributed by atoms with Crippen LogP contribution in [0.2, 0.25) is 0 Å². The van der Waals surface area contributed by atoms with Crippen molar-refractivity contribution in [3.63, 3.8) is 0 Å². The van der Waals surface area contributed by atoms with Gasteiger partial charge in [-0.1, -0.05) is 13.8 Å². The van der Waals surface area contributed by atoms with Gasteiger partial charge in [-0.15, -0.1) is 0 Å². The van der Waals surface area contributed by atoms with Gasteiger partial charge >= 0.3 is 0 Å². The van der Waals surface area contributed by atoms with Crippen molar-refractivity contribution < 1.29 is 13.3 Å². The summed E-state index contributed by atoms with van der Waals surface area (Å²) in [4.78, 5) is 13.1. The predicted molar refractivity (Wildman–Crippen MR) is 95.2 cm³/mol. The maximum absolute atomic E-state index is 12.8. The second-order valence-electron chi connectivity index (χ2n) is 5.02. The molecule has 0 aliphatic rings. The highest BCUT2D eigenvalue weighted by Crippen LogP contribution is 2.29.